The van der Waals surface area contributed by atoms with E-state index in [0.29, 0.717) is 0 Å². The molecule has 4 nitrogen and oxygen atoms in total. The minimum atomic E-state index is 0.733. The third-order valence-corrected chi connectivity index (χ3v) is 4.16. The quantitative estimate of drug-likeness (QED) is 0.868. The van der Waals surface area contributed by atoms with E-state index in [-0.39, 0.29) is 0 Å². The average Bonchev–Trinajstić information content (AvgIpc) is 2.83. The van der Waals surface area contributed by atoms with Gasteiger partial charge in [0, 0.05) is 38.3 Å². The molecule has 3 rings (SSSR count). The predicted octanol–water partition coefficient (Wildman–Crippen LogP) is 2.71. The molecule has 112 valence electrons. The number of oxazole rings is 1. The Morgan fingerprint density at radius 1 is 1.05 bits per heavy atom. The standard InChI is InChI=1S/C17H23N3O/c1-13-4-6-15(7-5-13)17-18-16(14(2)21-17)12-20-10-8-19(3)9-11-20/h4-7H,8-12H2,1-3H3. The van der Waals surface area contributed by atoms with Gasteiger partial charge in [-0.15, -0.1) is 0 Å². The van der Waals surface area contributed by atoms with Crippen LogP contribution in [0, 0.1) is 13.8 Å². The van der Waals surface area contributed by atoms with Crippen molar-refractivity contribution in [1.29, 1.82) is 0 Å². The molecule has 1 aromatic carbocycles. The normalized spacial score (nSPS) is 17.3. The van der Waals surface area contributed by atoms with Gasteiger partial charge in [-0.05, 0) is 33.0 Å². The van der Waals surface area contributed by atoms with Gasteiger partial charge in [0.25, 0.3) is 0 Å². The molecule has 1 fully saturated rings. The molecular formula is C17H23N3O. The maximum absolute atomic E-state index is 5.86. The van der Waals surface area contributed by atoms with E-state index in [2.05, 4.69) is 48.0 Å². The van der Waals surface area contributed by atoms with Gasteiger partial charge >= 0.3 is 0 Å². The van der Waals surface area contributed by atoms with Crippen LogP contribution >= 0.6 is 0 Å². The summed E-state index contributed by atoms with van der Waals surface area (Å²) in [5.41, 5.74) is 3.36. The summed E-state index contributed by atoms with van der Waals surface area (Å²) in [6.07, 6.45) is 0. The molecule has 0 spiro atoms. The molecule has 0 amide bonds. The molecule has 0 unspecified atom stereocenters. The first kappa shape index (κ1) is 14.3. The first-order chi connectivity index (χ1) is 10.1. The summed E-state index contributed by atoms with van der Waals surface area (Å²) in [7, 11) is 2.17. The maximum atomic E-state index is 5.86. The summed E-state index contributed by atoms with van der Waals surface area (Å²) in [6, 6.07) is 8.32. The van der Waals surface area contributed by atoms with Crippen LogP contribution in [0.1, 0.15) is 17.0 Å². The van der Waals surface area contributed by atoms with Crippen molar-refractivity contribution in [2.45, 2.75) is 20.4 Å². The summed E-state index contributed by atoms with van der Waals surface area (Å²) < 4.78 is 5.86. The molecule has 21 heavy (non-hydrogen) atoms. The summed E-state index contributed by atoms with van der Waals surface area (Å²) in [4.78, 5) is 9.51. The van der Waals surface area contributed by atoms with Crippen LogP contribution < -0.4 is 0 Å². The number of aryl methyl sites for hydroxylation is 2. The molecule has 1 saturated heterocycles. The molecule has 0 N–H and O–H groups in total. The highest BCUT2D eigenvalue weighted by atomic mass is 16.4. The summed E-state index contributed by atoms with van der Waals surface area (Å²) >= 11 is 0. The second-order valence-corrected chi connectivity index (χ2v) is 5.97. The van der Waals surface area contributed by atoms with Crippen molar-refractivity contribution in [2.75, 3.05) is 33.2 Å². The van der Waals surface area contributed by atoms with Gasteiger partial charge in [0.15, 0.2) is 0 Å². The Morgan fingerprint density at radius 2 is 1.71 bits per heavy atom. The number of nitrogens with zero attached hydrogens (tertiary/aromatic N) is 3. The van der Waals surface area contributed by atoms with E-state index in [1.165, 1.54) is 5.56 Å². The van der Waals surface area contributed by atoms with Crippen LogP contribution in [-0.2, 0) is 6.54 Å². The highest BCUT2D eigenvalue weighted by Crippen LogP contribution is 2.23. The van der Waals surface area contributed by atoms with E-state index in [4.69, 9.17) is 9.40 Å². The van der Waals surface area contributed by atoms with Gasteiger partial charge in [0.05, 0.1) is 5.69 Å². The SMILES string of the molecule is Cc1ccc(-c2nc(CN3CCN(C)CC3)c(C)o2)cc1. The first-order valence-electron chi connectivity index (χ1n) is 7.56. The van der Waals surface area contributed by atoms with E-state index in [1.807, 2.05) is 6.92 Å². The minimum Gasteiger partial charge on any atom is -0.441 e. The van der Waals surface area contributed by atoms with Crippen LogP contribution in [-0.4, -0.2) is 48.0 Å². The molecule has 4 heteroatoms. The number of rotatable bonds is 3. The zero-order chi connectivity index (χ0) is 14.8. The number of benzene rings is 1. The van der Waals surface area contributed by atoms with Gasteiger partial charge in [-0.1, -0.05) is 17.7 Å². The van der Waals surface area contributed by atoms with Crippen molar-refractivity contribution in [3.8, 4) is 11.5 Å². The molecule has 1 aliphatic heterocycles. The Hall–Kier alpha value is -1.65. The molecular weight excluding hydrogens is 262 g/mol. The molecule has 2 aromatic rings. The topological polar surface area (TPSA) is 32.5 Å². The van der Waals surface area contributed by atoms with Crippen LogP contribution in [0.15, 0.2) is 28.7 Å². The molecule has 0 saturated carbocycles. The number of hydrogen-bond donors (Lipinski definition) is 0. The Balaban J connectivity index is 1.73. The monoisotopic (exact) mass is 285 g/mol. The van der Waals surface area contributed by atoms with Crippen molar-refractivity contribution in [2.24, 2.45) is 0 Å². The maximum Gasteiger partial charge on any atom is 0.226 e. The van der Waals surface area contributed by atoms with E-state index in [9.17, 15) is 0 Å². The second kappa shape index (κ2) is 6.00. The zero-order valence-electron chi connectivity index (χ0n) is 13.1. The number of piperazine rings is 1. The lowest BCUT2D eigenvalue weighted by atomic mass is 10.1. The Labute approximate surface area is 126 Å². The van der Waals surface area contributed by atoms with Gasteiger partial charge in [0.2, 0.25) is 5.89 Å². The molecule has 1 aromatic heterocycles. The van der Waals surface area contributed by atoms with Crippen molar-refractivity contribution < 1.29 is 4.42 Å². The summed E-state index contributed by atoms with van der Waals surface area (Å²) in [5, 5.41) is 0. The predicted molar refractivity (Wildman–Crippen MR) is 84.2 cm³/mol. The lowest BCUT2D eigenvalue weighted by molar-refractivity contribution is 0.146. The van der Waals surface area contributed by atoms with E-state index < -0.39 is 0 Å². The highest BCUT2D eigenvalue weighted by molar-refractivity contribution is 5.54. The van der Waals surface area contributed by atoms with Crippen LogP contribution in [0.2, 0.25) is 0 Å². The lowest BCUT2D eigenvalue weighted by Gasteiger charge is -2.31. The Bertz CT molecular complexity index is 595. The van der Waals surface area contributed by atoms with Gasteiger partial charge in [-0.3, -0.25) is 4.90 Å². The fourth-order valence-electron chi connectivity index (χ4n) is 2.61. The summed E-state index contributed by atoms with van der Waals surface area (Å²) in [5.74, 6) is 1.67. The van der Waals surface area contributed by atoms with Crippen molar-refractivity contribution >= 4 is 0 Å². The van der Waals surface area contributed by atoms with E-state index in [1.54, 1.807) is 0 Å². The van der Waals surface area contributed by atoms with E-state index >= 15 is 0 Å². The van der Waals surface area contributed by atoms with Gasteiger partial charge in [0.1, 0.15) is 5.76 Å². The van der Waals surface area contributed by atoms with Crippen molar-refractivity contribution in [3.05, 3.63) is 41.3 Å². The van der Waals surface area contributed by atoms with Crippen LogP contribution in [0.25, 0.3) is 11.5 Å². The number of hydrogen-bond acceptors (Lipinski definition) is 4. The number of aromatic nitrogens is 1. The molecule has 2 heterocycles. The minimum absolute atomic E-state index is 0.733. The van der Waals surface area contributed by atoms with Crippen LogP contribution in [0.5, 0.6) is 0 Å². The molecule has 1 aliphatic rings. The van der Waals surface area contributed by atoms with Gasteiger partial charge in [-0.25, -0.2) is 4.98 Å². The van der Waals surface area contributed by atoms with Crippen LogP contribution in [0.4, 0.5) is 0 Å². The van der Waals surface area contributed by atoms with Crippen LogP contribution in [0.3, 0.4) is 0 Å². The average molecular weight is 285 g/mol. The fraction of sp³-hybridized carbons (Fsp3) is 0.471. The molecule has 0 atom stereocenters. The van der Waals surface area contributed by atoms with Crippen molar-refractivity contribution in [3.63, 3.8) is 0 Å². The zero-order valence-corrected chi connectivity index (χ0v) is 13.1. The molecule has 0 bridgehead atoms. The summed E-state index contributed by atoms with van der Waals surface area (Å²) in [6.45, 7) is 9.43. The third kappa shape index (κ3) is 3.34. The smallest absolute Gasteiger partial charge is 0.226 e. The third-order valence-electron chi connectivity index (χ3n) is 4.16. The fourth-order valence-corrected chi connectivity index (χ4v) is 2.61. The molecule has 0 aliphatic carbocycles. The molecule has 0 radical (unpaired) electrons. The van der Waals surface area contributed by atoms with Gasteiger partial charge < -0.3 is 9.32 Å². The van der Waals surface area contributed by atoms with Crippen molar-refractivity contribution in [1.82, 2.24) is 14.8 Å². The lowest BCUT2D eigenvalue weighted by Crippen LogP contribution is -2.44. The largest absolute Gasteiger partial charge is 0.441 e. The Morgan fingerprint density at radius 3 is 2.38 bits per heavy atom. The first-order valence-corrected chi connectivity index (χ1v) is 7.56. The highest BCUT2D eigenvalue weighted by Gasteiger charge is 2.18. The second-order valence-electron chi connectivity index (χ2n) is 5.97. The Kier molecular flexibility index (Phi) is 4.08. The number of likely N-dealkylation sites (N-methyl/N-ethyl adjacent to an activating group) is 1. The van der Waals surface area contributed by atoms with Gasteiger partial charge in [-0.2, -0.15) is 0 Å². The van der Waals surface area contributed by atoms with E-state index in [0.717, 1.165) is 55.6 Å².